The van der Waals surface area contributed by atoms with E-state index >= 15 is 0 Å². The van der Waals surface area contributed by atoms with Crippen LogP contribution in [0.5, 0.6) is 0 Å². The third kappa shape index (κ3) is 7.03. The summed E-state index contributed by atoms with van der Waals surface area (Å²) >= 11 is 3.31. The van der Waals surface area contributed by atoms with E-state index in [0.29, 0.717) is 43.7 Å². The van der Waals surface area contributed by atoms with E-state index in [4.69, 9.17) is 4.74 Å². The van der Waals surface area contributed by atoms with Gasteiger partial charge in [-0.05, 0) is 45.4 Å². The molecule has 1 saturated heterocycles. The number of piperazine rings is 1. The lowest BCUT2D eigenvalue weighted by molar-refractivity contribution is -0.139. The van der Waals surface area contributed by atoms with Crippen molar-refractivity contribution in [2.75, 3.05) is 39.3 Å². The van der Waals surface area contributed by atoms with Gasteiger partial charge in [0.05, 0.1) is 11.1 Å². The fraction of sp³-hybridized carbons (Fsp3) is 0.542. The van der Waals surface area contributed by atoms with Crippen LogP contribution in [0.25, 0.3) is 0 Å². The lowest BCUT2D eigenvalue weighted by Gasteiger charge is -2.35. The number of hydrogen-bond acceptors (Lipinski definition) is 6. The third-order valence-electron chi connectivity index (χ3n) is 5.70. The second-order valence-electron chi connectivity index (χ2n) is 9.50. The van der Waals surface area contributed by atoms with Crippen molar-refractivity contribution in [1.82, 2.24) is 20.0 Å². The molecule has 3 rings (SSSR count). The highest BCUT2D eigenvalue weighted by Crippen LogP contribution is 2.26. The summed E-state index contributed by atoms with van der Waals surface area (Å²) < 4.78 is 5.87. The standard InChI is InChI=1S/C24H31BrN4O6/c1-24(2,3)35-23(34)26-9-8-20(31)28-13-11-27(12-14-28)19(30)5-4-10-29-21(32)17-7-6-16(25)15-18(17)22(29)33/h6-7,15H,4-5,8-14H2,1-3H3,(H,26,34). The van der Waals surface area contributed by atoms with Crippen molar-refractivity contribution in [3.8, 4) is 0 Å². The molecule has 2 aliphatic heterocycles. The van der Waals surface area contributed by atoms with Crippen molar-refractivity contribution >= 4 is 45.7 Å². The molecule has 1 fully saturated rings. The van der Waals surface area contributed by atoms with Crippen LogP contribution in [-0.4, -0.2) is 89.3 Å². The number of amides is 5. The molecule has 1 aromatic rings. The molecule has 1 N–H and O–H groups in total. The fourth-order valence-corrected chi connectivity index (χ4v) is 4.32. The van der Waals surface area contributed by atoms with Crippen molar-refractivity contribution < 1.29 is 28.7 Å². The summed E-state index contributed by atoms with van der Waals surface area (Å²) in [5.41, 5.74) is 0.156. The van der Waals surface area contributed by atoms with Gasteiger partial charge in [-0.1, -0.05) is 15.9 Å². The second-order valence-corrected chi connectivity index (χ2v) is 10.4. The molecule has 0 aromatic heterocycles. The van der Waals surface area contributed by atoms with Gasteiger partial charge in [-0.15, -0.1) is 0 Å². The van der Waals surface area contributed by atoms with E-state index < -0.39 is 11.7 Å². The summed E-state index contributed by atoms with van der Waals surface area (Å²) in [6.07, 6.45) is 0.186. The molecule has 0 spiro atoms. The lowest BCUT2D eigenvalue weighted by Crippen LogP contribution is -2.51. The topological polar surface area (TPSA) is 116 Å². The predicted molar refractivity (Wildman–Crippen MR) is 131 cm³/mol. The van der Waals surface area contributed by atoms with Gasteiger partial charge in [0.1, 0.15) is 5.60 Å². The van der Waals surface area contributed by atoms with Crippen molar-refractivity contribution in [2.45, 2.75) is 45.6 Å². The van der Waals surface area contributed by atoms with Crippen molar-refractivity contribution in [3.05, 3.63) is 33.8 Å². The average molecular weight is 551 g/mol. The Morgan fingerprint density at radius 3 is 2.11 bits per heavy atom. The molecule has 5 amide bonds. The molecule has 35 heavy (non-hydrogen) atoms. The minimum atomic E-state index is -0.598. The Labute approximate surface area is 213 Å². The third-order valence-corrected chi connectivity index (χ3v) is 6.19. The van der Waals surface area contributed by atoms with E-state index in [1.807, 2.05) is 0 Å². The minimum absolute atomic E-state index is 0.0666. The van der Waals surface area contributed by atoms with Gasteiger partial charge < -0.3 is 19.9 Å². The zero-order valence-electron chi connectivity index (χ0n) is 20.3. The van der Waals surface area contributed by atoms with Crippen LogP contribution in [0.4, 0.5) is 4.79 Å². The van der Waals surface area contributed by atoms with Crippen LogP contribution in [0.3, 0.4) is 0 Å². The van der Waals surface area contributed by atoms with E-state index in [2.05, 4.69) is 21.2 Å². The normalized spacial score (nSPS) is 15.8. The van der Waals surface area contributed by atoms with Gasteiger partial charge in [-0.3, -0.25) is 24.1 Å². The summed E-state index contributed by atoms with van der Waals surface area (Å²) in [7, 11) is 0. The number of imide groups is 1. The molecule has 0 bridgehead atoms. The Morgan fingerprint density at radius 1 is 0.943 bits per heavy atom. The van der Waals surface area contributed by atoms with Gasteiger partial charge in [-0.25, -0.2) is 4.79 Å². The number of carbonyl (C=O) groups is 5. The van der Waals surface area contributed by atoms with Crippen LogP contribution < -0.4 is 5.32 Å². The van der Waals surface area contributed by atoms with E-state index in [1.165, 1.54) is 4.90 Å². The van der Waals surface area contributed by atoms with Gasteiger partial charge in [0.2, 0.25) is 11.8 Å². The number of nitrogens with zero attached hydrogens (tertiary/aromatic N) is 3. The first-order chi connectivity index (χ1) is 16.5. The molecular formula is C24H31BrN4O6. The van der Waals surface area contributed by atoms with Gasteiger partial charge in [0, 0.05) is 56.6 Å². The number of hydrogen-bond donors (Lipinski definition) is 1. The number of carbonyl (C=O) groups excluding carboxylic acids is 5. The van der Waals surface area contributed by atoms with E-state index in [0.717, 1.165) is 4.47 Å². The molecule has 2 heterocycles. The van der Waals surface area contributed by atoms with Gasteiger partial charge >= 0.3 is 6.09 Å². The number of nitrogens with one attached hydrogen (secondary N) is 1. The van der Waals surface area contributed by atoms with Crippen molar-refractivity contribution in [2.24, 2.45) is 0 Å². The SMILES string of the molecule is CC(C)(C)OC(=O)NCCC(=O)N1CCN(C(=O)CCCN2C(=O)c3ccc(Br)cc3C2=O)CC1. The highest BCUT2D eigenvalue weighted by molar-refractivity contribution is 9.10. The fourth-order valence-electron chi connectivity index (χ4n) is 3.96. The summed E-state index contributed by atoms with van der Waals surface area (Å²) in [5, 5.41) is 2.57. The summed E-state index contributed by atoms with van der Waals surface area (Å²) in [6.45, 7) is 7.35. The average Bonchev–Trinajstić information content (AvgIpc) is 3.02. The van der Waals surface area contributed by atoms with Crippen molar-refractivity contribution in [3.63, 3.8) is 0 Å². The van der Waals surface area contributed by atoms with E-state index in [-0.39, 0.29) is 49.6 Å². The second kappa shape index (κ2) is 11.2. The zero-order chi connectivity index (χ0) is 25.8. The Hall–Kier alpha value is -2.95. The number of fused-ring (bicyclic) bond motifs is 1. The highest BCUT2D eigenvalue weighted by Gasteiger charge is 2.35. The van der Waals surface area contributed by atoms with Crippen LogP contribution in [0.2, 0.25) is 0 Å². The molecule has 1 aromatic carbocycles. The maximum Gasteiger partial charge on any atom is 0.407 e. The summed E-state index contributed by atoms with van der Waals surface area (Å²) in [6, 6.07) is 4.98. The van der Waals surface area contributed by atoms with Crippen LogP contribution in [0.1, 0.15) is 60.7 Å². The van der Waals surface area contributed by atoms with Crippen LogP contribution in [0.15, 0.2) is 22.7 Å². The number of ether oxygens (including phenoxy) is 1. The zero-order valence-corrected chi connectivity index (χ0v) is 21.9. The maximum atomic E-state index is 12.6. The largest absolute Gasteiger partial charge is 0.444 e. The number of benzene rings is 1. The highest BCUT2D eigenvalue weighted by atomic mass is 79.9. The molecule has 2 aliphatic rings. The maximum absolute atomic E-state index is 12.6. The number of halogens is 1. The van der Waals surface area contributed by atoms with E-state index in [1.54, 1.807) is 48.8 Å². The number of alkyl carbamates (subject to hydrolysis) is 1. The molecule has 0 saturated carbocycles. The molecular weight excluding hydrogens is 520 g/mol. The summed E-state index contributed by atoms with van der Waals surface area (Å²) in [5.74, 6) is -0.835. The summed E-state index contributed by atoms with van der Waals surface area (Å²) in [4.78, 5) is 66.3. The van der Waals surface area contributed by atoms with Gasteiger partial charge in [0.25, 0.3) is 11.8 Å². The van der Waals surface area contributed by atoms with Gasteiger partial charge in [-0.2, -0.15) is 0 Å². The Balaban J connectivity index is 1.35. The number of rotatable bonds is 7. The van der Waals surface area contributed by atoms with Gasteiger partial charge in [0.15, 0.2) is 0 Å². The predicted octanol–water partition coefficient (Wildman–Crippen LogP) is 2.41. The van der Waals surface area contributed by atoms with Crippen molar-refractivity contribution in [1.29, 1.82) is 0 Å². The molecule has 11 heteroatoms. The smallest absolute Gasteiger partial charge is 0.407 e. The molecule has 190 valence electrons. The molecule has 0 atom stereocenters. The first kappa shape index (κ1) is 26.7. The Kier molecular flexibility index (Phi) is 8.52. The molecule has 0 aliphatic carbocycles. The lowest BCUT2D eigenvalue weighted by atomic mass is 10.1. The van der Waals surface area contributed by atoms with Crippen LogP contribution >= 0.6 is 15.9 Å². The monoisotopic (exact) mass is 550 g/mol. The molecule has 10 nitrogen and oxygen atoms in total. The quantitative estimate of drug-likeness (QED) is 0.521. The molecule has 0 radical (unpaired) electrons. The first-order valence-corrected chi connectivity index (χ1v) is 12.4. The molecule has 0 unspecified atom stereocenters. The Bertz CT molecular complexity index is 1010. The first-order valence-electron chi connectivity index (χ1n) is 11.6. The Morgan fingerprint density at radius 2 is 1.51 bits per heavy atom. The van der Waals surface area contributed by atoms with Crippen LogP contribution in [-0.2, 0) is 14.3 Å². The van der Waals surface area contributed by atoms with E-state index in [9.17, 15) is 24.0 Å². The van der Waals surface area contributed by atoms with Crippen LogP contribution in [0, 0.1) is 0 Å². The minimum Gasteiger partial charge on any atom is -0.444 e.